The van der Waals surface area contributed by atoms with Crippen molar-refractivity contribution >= 4 is 23.3 Å². The minimum absolute atomic E-state index is 0.135. The van der Waals surface area contributed by atoms with Gasteiger partial charge in [0, 0.05) is 6.04 Å². The van der Waals surface area contributed by atoms with Crippen molar-refractivity contribution in [1.82, 2.24) is 5.32 Å². The number of para-hydroxylation sites is 1. The van der Waals surface area contributed by atoms with Crippen LogP contribution in [-0.4, -0.2) is 23.3 Å². The topological polar surface area (TPSA) is 61.4 Å². The Labute approximate surface area is 111 Å². The zero-order valence-corrected chi connectivity index (χ0v) is 10.8. The summed E-state index contributed by atoms with van der Waals surface area (Å²) in [7, 11) is 0. The average Bonchev–Trinajstić information content (AvgIpc) is 2.35. The first-order valence-corrected chi connectivity index (χ1v) is 6.53. The van der Waals surface area contributed by atoms with Crippen LogP contribution in [0.15, 0.2) is 24.3 Å². The van der Waals surface area contributed by atoms with E-state index >= 15 is 0 Å². The predicted molar refractivity (Wildman–Crippen MR) is 71.9 cm³/mol. The van der Waals surface area contributed by atoms with Gasteiger partial charge in [-0.3, -0.25) is 0 Å². The van der Waals surface area contributed by atoms with Gasteiger partial charge in [0.1, 0.15) is 0 Å². The first-order chi connectivity index (χ1) is 8.65. The van der Waals surface area contributed by atoms with Gasteiger partial charge in [0.2, 0.25) is 0 Å². The van der Waals surface area contributed by atoms with Gasteiger partial charge in [-0.25, -0.2) is 4.79 Å². The normalized spacial score (nSPS) is 23.4. The maximum Gasteiger partial charge on any atom is 0.319 e. The Hall–Kier alpha value is -1.26. The number of nitrogens with one attached hydrogen (secondary N) is 2. The van der Waals surface area contributed by atoms with Crippen LogP contribution in [0, 0.1) is 0 Å². The summed E-state index contributed by atoms with van der Waals surface area (Å²) in [5.41, 5.74) is 0.604. The zero-order chi connectivity index (χ0) is 13.0. The van der Waals surface area contributed by atoms with Crippen molar-refractivity contribution in [3.8, 4) is 0 Å². The fourth-order valence-electron chi connectivity index (χ4n) is 2.13. The molecule has 0 heterocycles. The number of urea groups is 1. The molecule has 0 radical (unpaired) electrons. The van der Waals surface area contributed by atoms with E-state index in [9.17, 15) is 9.90 Å². The van der Waals surface area contributed by atoms with Crippen molar-refractivity contribution in [2.75, 3.05) is 5.32 Å². The molecule has 0 atom stereocenters. The second-order valence-electron chi connectivity index (χ2n) is 4.58. The predicted octanol–water partition coefficient (Wildman–Crippen LogP) is 2.77. The first kappa shape index (κ1) is 13.2. The van der Waals surface area contributed by atoms with E-state index in [0.29, 0.717) is 10.7 Å². The van der Waals surface area contributed by atoms with Crippen LogP contribution in [0.4, 0.5) is 10.5 Å². The molecular weight excluding hydrogens is 252 g/mol. The van der Waals surface area contributed by atoms with Gasteiger partial charge in [0.05, 0.1) is 16.8 Å². The second kappa shape index (κ2) is 6.07. The molecule has 1 aliphatic rings. The molecule has 0 bridgehead atoms. The van der Waals surface area contributed by atoms with E-state index in [1.165, 1.54) is 0 Å². The van der Waals surface area contributed by atoms with Crippen LogP contribution >= 0.6 is 11.6 Å². The molecule has 0 spiro atoms. The standard InChI is InChI=1S/C13H17ClN2O2/c14-11-3-1-2-4-12(11)16-13(18)15-9-5-7-10(17)8-6-9/h1-4,9-10,17H,5-8H2,(H2,15,16,18). The second-order valence-corrected chi connectivity index (χ2v) is 4.99. The molecule has 1 aromatic carbocycles. The lowest BCUT2D eigenvalue weighted by atomic mass is 9.93. The van der Waals surface area contributed by atoms with Crippen LogP contribution in [0.3, 0.4) is 0 Å². The van der Waals surface area contributed by atoms with Crippen molar-refractivity contribution in [3.05, 3.63) is 29.3 Å². The monoisotopic (exact) mass is 268 g/mol. The van der Waals surface area contributed by atoms with Crippen LogP contribution in [0.1, 0.15) is 25.7 Å². The van der Waals surface area contributed by atoms with E-state index in [1.54, 1.807) is 12.1 Å². The maximum atomic E-state index is 11.8. The van der Waals surface area contributed by atoms with Gasteiger partial charge in [-0.1, -0.05) is 23.7 Å². The Bertz CT molecular complexity index is 417. The van der Waals surface area contributed by atoms with Gasteiger partial charge in [-0.05, 0) is 37.8 Å². The Balaban J connectivity index is 1.84. The molecule has 2 amide bonds. The number of halogens is 1. The third kappa shape index (κ3) is 3.62. The summed E-state index contributed by atoms with van der Waals surface area (Å²) < 4.78 is 0. The molecule has 2 rings (SSSR count). The molecule has 1 saturated carbocycles. The molecule has 1 fully saturated rings. The lowest BCUT2D eigenvalue weighted by Crippen LogP contribution is -2.40. The summed E-state index contributed by atoms with van der Waals surface area (Å²) in [4.78, 5) is 11.8. The Morgan fingerprint density at radius 1 is 1.22 bits per heavy atom. The largest absolute Gasteiger partial charge is 0.393 e. The van der Waals surface area contributed by atoms with Gasteiger partial charge in [0.15, 0.2) is 0 Å². The maximum absolute atomic E-state index is 11.8. The number of aliphatic hydroxyl groups is 1. The lowest BCUT2D eigenvalue weighted by Gasteiger charge is -2.26. The van der Waals surface area contributed by atoms with E-state index in [2.05, 4.69) is 10.6 Å². The lowest BCUT2D eigenvalue weighted by molar-refractivity contribution is 0.118. The first-order valence-electron chi connectivity index (χ1n) is 6.15. The molecule has 0 saturated heterocycles. The van der Waals surface area contributed by atoms with E-state index in [1.807, 2.05) is 12.1 Å². The highest BCUT2D eigenvalue weighted by molar-refractivity contribution is 6.33. The summed E-state index contributed by atoms with van der Waals surface area (Å²) in [6.07, 6.45) is 2.91. The smallest absolute Gasteiger partial charge is 0.319 e. The van der Waals surface area contributed by atoms with Crippen LogP contribution in [0.2, 0.25) is 5.02 Å². The minimum atomic E-state index is -0.246. The van der Waals surface area contributed by atoms with Crippen molar-refractivity contribution in [3.63, 3.8) is 0 Å². The van der Waals surface area contributed by atoms with Crippen LogP contribution in [-0.2, 0) is 0 Å². The molecule has 18 heavy (non-hydrogen) atoms. The van der Waals surface area contributed by atoms with E-state index < -0.39 is 0 Å². The van der Waals surface area contributed by atoms with Gasteiger partial charge < -0.3 is 15.7 Å². The molecule has 5 heteroatoms. The van der Waals surface area contributed by atoms with Crippen molar-refractivity contribution < 1.29 is 9.90 Å². The molecule has 1 aliphatic carbocycles. The number of aliphatic hydroxyl groups excluding tert-OH is 1. The van der Waals surface area contributed by atoms with Gasteiger partial charge >= 0.3 is 6.03 Å². The SMILES string of the molecule is O=C(Nc1ccccc1Cl)NC1CCC(O)CC1. The Morgan fingerprint density at radius 3 is 2.56 bits per heavy atom. The van der Waals surface area contributed by atoms with Gasteiger partial charge in [0.25, 0.3) is 0 Å². The third-order valence-corrected chi connectivity index (χ3v) is 3.48. The molecule has 1 aromatic rings. The Morgan fingerprint density at radius 2 is 1.89 bits per heavy atom. The number of benzene rings is 1. The van der Waals surface area contributed by atoms with Gasteiger partial charge in [-0.15, -0.1) is 0 Å². The van der Waals surface area contributed by atoms with Crippen molar-refractivity contribution in [2.45, 2.75) is 37.8 Å². The van der Waals surface area contributed by atoms with Gasteiger partial charge in [-0.2, -0.15) is 0 Å². The van der Waals surface area contributed by atoms with Crippen LogP contribution in [0.5, 0.6) is 0 Å². The molecule has 3 N–H and O–H groups in total. The third-order valence-electron chi connectivity index (χ3n) is 3.15. The highest BCUT2D eigenvalue weighted by atomic mass is 35.5. The van der Waals surface area contributed by atoms with E-state index in [4.69, 9.17) is 11.6 Å². The minimum Gasteiger partial charge on any atom is -0.393 e. The van der Waals surface area contributed by atoms with Crippen molar-refractivity contribution in [2.24, 2.45) is 0 Å². The summed E-state index contributed by atoms with van der Waals surface area (Å²) in [6.45, 7) is 0. The van der Waals surface area contributed by atoms with Crippen LogP contribution in [0.25, 0.3) is 0 Å². The number of carbonyl (C=O) groups is 1. The fraction of sp³-hybridized carbons (Fsp3) is 0.462. The molecule has 0 unspecified atom stereocenters. The van der Waals surface area contributed by atoms with E-state index in [0.717, 1.165) is 25.7 Å². The number of hydrogen-bond acceptors (Lipinski definition) is 2. The fourth-order valence-corrected chi connectivity index (χ4v) is 2.31. The highest BCUT2D eigenvalue weighted by Crippen LogP contribution is 2.21. The quantitative estimate of drug-likeness (QED) is 0.772. The average molecular weight is 269 g/mol. The summed E-state index contributed by atoms with van der Waals surface area (Å²) in [5.74, 6) is 0. The number of amides is 2. The number of rotatable bonds is 2. The molecular formula is C13H17ClN2O2. The highest BCUT2D eigenvalue weighted by Gasteiger charge is 2.20. The molecule has 98 valence electrons. The summed E-state index contributed by atoms with van der Waals surface area (Å²) in [6, 6.07) is 7.01. The van der Waals surface area contributed by atoms with Crippen LogP contribution < -0.4 is 10.6 Å². The zero-order valence-electron chi connectivity index (χ0n) is 10.0. The molecule has 0 aromatic heterocycles. The summed E-state index contributed by atoms with van der Waals surface area (Å²) >= 11 is 5.95. The van der Waals surface area contributed by atoms with E-state index in [-0.39, 0.29) is 18.2 Å². The number of anilines is 1. The Kier molecular flexibility index (Phi) is 4.44. The van der Waals surface area contributed by atoms with Crippen molar-refractivity contribution in [1.29, 1.82) is 0 Å². The molecule has 0 aliphatic heterocycles. The number of carbonyl (C=O) groups excluding carboxylic acids is 1. The molecule has 4 nitrogen and oxygen atoms in total. The summed E-state index contributed by atoms with van der Waals surface area (Å²) in [5, 5.41) is 15.5. The number of hydrogen-bond donors (Lipinski definition) is 3.